The number of imide groups is 1. The average molecular weight is 377 g/mol. The second-order valence-electron chi connectivity index (χ2n) is 5.59. The van der Waals surface area contributed by atoms with Crippen LogP contribution >= 0.6 is 23.2 Å². The molecule has 1 heterocycles. The van der Waals surface area contributed by atoms with E-state index in [1.165, 1.54) is 6.07 Å². The number of nitrogens with one attached hydrogen (secondary N) is 1. The first kappa shape index (κ1) is 17.5. The van der Waals surface area contributed by atoms with Gasteiger partial charge in [0.05, 0.1) is 16.1 Å². The molecule has 2 aromatic rings. The Morgan fingerprint density at radius 1 is 1.00 bits per heavy atom. The molecule has 0 saturated heterocycles. The van der Waals surface area contributed by atoms with E-state index in [2.05, 4.69) is 5.32 Å². The summed E-state index contributed by atoms with van der Waals surface area (Å²) < 4.78 is 0. The van der Waals surface area contributed by atoms with E-state index in [0.29, 0.717) is 18.0 Å². The summed E-state index contributed by atoms with van der Waals surface area (Å²) in [5, 5.41) is 3.56. The number of carbonyl (C=O) groups excluding carboxylic acids is 3. The Bertz CT molecular complexity index is 850. The van der Waals surface area contributed by atoms with E-state index in [4.69, 9.17) is 23.2 Å². The molecule has 5 nitrogen and oxygen atoms in total. The Kier molecular flexibility index (Phi) is 5.06. The summed E-state index contributed by atoms with van der Waals surface area (Å²) in [5.41, 5.74) is 1.41. The fourth-order valence-corrected chi connectivity index (χ4v) is 3.01. The first-order valence-electron chi connectivity index (χ1n) is 7.63. The lowest BCUT2D eigenvalue weighted by molar-refractivity contribution is -0.121. The lowest BCUT2D eigenvalue weighted by Crippen LogP contribution is -2.40. The summed E-state index contributed by atoms with van der Waals surface area (Å²) in [5.74, 6) is -1.45. The largest absolute Gasteiger partial charge is 0.354 e. The number of rotatable bonds is 5. The zero-order valence-corrected chi connectivity index (χ0v) is 14.6. The molecule has 1 aliphatic heterocycles. The van der Waals surface area contributed by atoms with Crippen molar-refractivity contribution in [1.29, 1.82) is 0 Å². The van der Waals surface area contributed by atoms with Gasteiger partial charge >= 0.3 is 0 Å². The van der Waals surface area contributed by atoms with E-state index in [0.717, 1.165) is 10.5 Å². The van der Waals surface area contributed by atoms with Crippen molar-refractivity contribution >= 4 is 40.9 Å². The van der Waals surface area contributed by atoms with Gasteiger partial charge in [-0.2, -0.15) is 0 Å². The highest BCUT2D eigenvalue weighted by molar-refractivity contribution is 6.37. The molecule has 2 aromatic carbocycles. The molecule has 0 fully saturated rings. The molecule has 128 valence electrons. The van der Waals surface area contributed by atoms with E-state index in [-0.39, 0.29) is 22.7 Å². The lowest BCUT2D eigenvalue weighted by atomic mass is 10.1. The van der Waals surface area contributed by atoms with Crippen LogP contribution in [-0.2, 0) is 11.2 Å². The number of halogens is 2. The highest BCUT2D eigenvalue weighted by Crippen LogP contribution is 2.28. The molecule has 25 heavy (non-hydrogen) atoms. The van der Waals surface area contributed by atoms with Crippen molar-refractivity contribution in [3.05, 3.63) is 69.2 Å². The van der Waals surface area contributed by atoms with Gasteiger partial charge in [-0.3, -0.25) is 19.3 Å². The second kappa shape index (κ2) is 7.25. The van der Waals surface area contributed by atoms with Crippen LogP contribution in [0.25, 0.3) is 0 Å². The monoisotopic (exact) mass is 376 g/mol. The minimum absolute atomic E-state index is 0.156. The SMILES string of the molecule is O=C(CN1C(=O)c2cccc(Cl)c2C1=O)NCCc1ccc(Cl)cc1. The second-order valence-corrected chi connectivity index (χ2v) is 6.43. The molecule has 0 atom stereocenters. The molecule has 0 radical (unpaired) electrons. The van der Waals surface area contributed by atoms with E-state index in [1.54, 1.807) is 24.3 Å². The smallest absolute Gasteiger partial charge is 0.263 e. The fourth-order valence-electron chi connectivity index (χ4n) is 2.63. The maximum Gasteiger partial charge on any atom is 0.263 e. The van der Waals surface area contributed by atoms with Crippen LogP contribution in [-0.4, -0.2) is 35.7 Å². The third-order valence-electron chi connectivity index (χ3n) is 3.90. The maximum absolute atomic E-state index is 12.3. The van der Waals surface area contributed by atoms with Crippen LogP contribution in [0.15, 0.2) is 42.5 Å². The highest BCUT2D eigenvalue weighted by Gasteiger charge is 2.38. The number of benzene rings is 2. The molecule has 0 unspecified atom stereocenters. The van der Waals surface area contributed by atoms with Gasteiger partial charge in [0.15, 0.2) is 0 Å². The molecule has 3 amide bonds. The van der Waals surface area contributed by atoms with Crippen LogP contribution in [0.5, 0.6) is 0 Å². The summed E-state index contributed by atoms with van der Waals surface area (Å²) in [6.45, 7) is 0.0632. The molecule has 0 aromatic heterocycles. The van der Waals surface area contributed by atoms with Gasteiger partial charge in [0.2, 0.25) is 5.91 Å². The minimum atomic E-state index is -0.543. The Hall–Kier alpha value is -2.37. The number of amides is 3. The van der Waals surface area contributed by atoms with E-state index >= 15 is 0 Å². The molecule has 0 bridgehead atoms. The molecule has 0 spiro atoms. The molecule has 3 rings (SSSR count). The predicted octanol–water partition coefficient (Wildman–Crippen LogP) is 2.95. The normalized spacial score (nSPS) is 13.1. The summed E-state index contributed by atoms with van der Waals surface area (Å²) in [7, 11) is 0. The van der Waals surface area contributed by atoms with Gasteiger partial charge in [0.1, 0.15) is 6.54 Å². The Balaban J connectivity index is 1.57. The summed E-state index contributed by atoms with van der Waals surface area (Å²) in [6, 6.07) is 12.0. The third kappa shape index (κ3) is 3.67. The van der Waals surface area contributed by atoms with E-state index < -0.39 is 17.7 Å². The standard InChI is InChI=1S/C18H14Cl2N2O3/c19-12-6-4-11(5-7-12)8-9-21-15(23)10-22-17(24)13-2-1-3-14(20)16(13)18(22)25/h1-7H,8-10H2,(H,21,23). The van der Waals surface area contributed by atoms with Crippen LogP contribution in [0.4, 0.5) is 0 Å². The van der Waals surface area contributed by atoms with Crippen LogP contribution in [0.3, 0.4) is 0 Å². The lowest BCUT2D eigenvalue weighted by Gasteiger charge is -2.13. The highest BCUT2D eigenvalue weighted by atomic mass is 35.5. The van der Waals surface area contributed by atoms with Crippen LogP contribution in [0, 0.1) is 0 Å². The summed E-state index contributed by atoms with van der Waals surface area (Å²) in [6.07, 6.45) is 0.622. The van der Waals surface area contributed by atoms with Crippen molar-refractivity contribution in [1.82, 2.24) is 10.2 Å². The van der Waals surface area contributed by atoms with Crippen LogP contribution < -0.4 is 5.32 Å². The Morgan fingerprint density at radius 2 is 1.72 bits per heavy atom. The van der Waals surface area contributed by atoms with Crippen molar-refractivity contribution in [2.45, 2.75) is 6.42 Å². The molecular formula is C18H14Cl2N2O3. The molecule has 1 N–H and O–H groups in total. The van der Waals surface area contributed by atoms with Crippen molar-refractivity contribution in [3.8, 4) is 0 Å². The number of fused-ring (bicyclic) bond motifs is 1. The molecule has 7 heteroatoms. The van der Waals surface area contributed by atoms with E-state index in [1.807, 2.05) is 12.1 Å². The Labute approximate surface area is 154 Å². The van der Waals surface area contributed by atoms with Gasteiger partial charge in [-0.05, 0) is 36.2 Å². The van der Waals surface area contributed by atoms with Gasteiger partial charge in [-0.1, -0.05) is 41.4 Å². The number of hydrogen-bond acceptors (Lipinski definition) is 3. The molecule has 0 saturated carbocycles. The van der Waals surface area contributed by atoms with Gasteiger partial charge in [0.25, 0.3) is 11.8 Å². The first-order chi connectivity index (χ1) is 12.0. The predicted molar refractivity (Wildman–Crippen MR) is 95.0 cm³/mol. The number of nitrogens with zero attached hydrogens (tertiary/aromatic N) is 1. The molecule has 1 aliphatic rings. The van der Waals surface area contributed by atoms with Gasteiger partial charge < -0.3 is 5.32 Å². The van der Waals surface area contributed by atoms with Crippen LogP contribution in [0.2, 0.25) is 10.0 Å². The number of hydrogen-bond donors (Lipinski definition) is 1. The fraction of sp³-hybridized carbons (Fsp3) is 0.167. The van der Waals surface area contributed by atoms with Gasteiger partial charge in [-0.25, -0.2) is 0 Å². The molecular weight excluding hydrogens is 363 g/mol. The minimum Gasteiger partial charge on any atom is -0.354 e. The zero-order valence-electron chi connectivity index (χ0n) is 13.1. The van der Waals surface area contributed by atoms with Crippen molar-refractivity contribution in [2.24, 2.45) is 0 Å². The first-order valence-corrected chi connectivity index (χ1v) is 8.39. The van der Waals surface area contributed by atoms with Crippen molar-refractivity contribution in [3.63, 3.8) is 0 Å². The van der Waals surface area contributed by atoms with Crippen LogP contribution in [0.1, 0.15) is 26.3 Å². The Morgan fingerprint density at radius 3 is 2.40 bits per heavy atom. The van der Waals surface area contributed by atoms with Crippen molar-refractivity contribution in [2.75, 3.05) is 13.1 Å². The topological polar surface area (TPSA) is 66.5 Å². The van der Waals surface area contributed by atoms with Gasteiger partial charge in [-0.15, -0.1) is 0 Å². The third-order valence-corrected chi connectivity index (χ3v) is 4.47. The van der Waals surface area contributed by atoms with Crippen molar-refractivity contribution < 1.29 is 14.4 Å². The summed E-state index contributed by atoms with van der Waals surface area (Å²) >= 11 is 11.8. The average Bonchev–Trinajstić information content (AvgIpc) is 2.83. The summed E-state index contributed by atoms with van der Waals surface area (Å²) in [4.78, 5) is 37.6. The maximum atomic E-state index is 12.3. The number of carbonyl (C=O) groups is 3. The van der Waals surface area contributed by atoms with Gasteiger partial charge in [0, 0.05) is 11.6 Å². The van der Waals surface area contributed by atoms with E-state index in [9.17, 15) is 14.4 Å². The molecule has 0 aliphatic carbocycles. The quantitative estimate of drug-likeness (QED) is 0.815. The zero-order chi connectivity index (χ0) is 18.0.